The van der Waals surface area contributed by atoms with Crippen LogP contribution in [0.4, 0.5) is 0 Å². The molecule has 1 aromatic heterocycles. The maximum atomic E-state index is 9.50. The highest BCUT2D eigenvalue weighted by atomic mass is 35.5. The Kier molecular flexibility index (Phi) is 3.92. The quantitative estimate of drug-likeness (QED) is 0.825. The van der Waals surface area contributed by atoms with Crippen LogP contribution in [0, 0.1) is 13.8 Å². The van der Waals surface area contributed by atoms with Gasteiger partial charge in [0, 0.05) is 7.11 Å². The molecule has 0 bridgehead atoms. The normalized spacial score (nSPS) is 13.2. The third-order valence-corrected chi connectivity index (χ3v) is 2.58. The van der Waals surface area contributed by atoms with E-state index in [-0.39, 0.29) is 0 Å². The van der Waals surface area contributed by atoms with Crippen molar-refractivity contribution in [1.82, 2.24) is 9.78 Å². The van der Waals surface area contributed by atoms with Gasteiger partial charge in [0.1, 0.15) is 0 Å². The summed E-state index contributed by atoms with van der Waals surface area (Å²) >= 11 is 5.96. The zero-order chi connectivity index (χ0) is 10.7. The second kappa shape index (κ2) is 4.77. The van der Waals surface area contributed by atoms with E-state index in [0.29, 0.717) is 18.2 Å². The molecule has 14 heavy (non-hydrogen) atoms. The molecule has 1 N–H and O–H groups in total. The van der Waals surface area contributed by atoms with E-state index < -0.39 is 6.10 Å². The van der Waals surface area contributed by atoms with Crippen LogP contribution in [-0.2, 0) is 11.3 Å². The molecule has 0 spiro atoms. The van der Waals surface area contributed by atoms with E-state index in [1.54, 1.807) is 11.8 Å². The lowest BCUT2D eigenvalue weighted by atomic mass is 10.3. The highest BCUT2D eigenvalue weighted by Crippen LogP contribution is 2.18. The summed E-state index contributed by atoms with van der Waals surface area (Å²) in [5.74, 6) is 0. The molecule has 1 rings (SSSR count). The molecule has 0 aromatic carbocycles. The first-order chi connectivity index (χ1) is 6.56. The molecule has 1 heterocycles. The van der Waals surface area contributed by atoms with Crippen molar-refractivity contribution in [2.75, 3.05) is 13.7 Å². The molecule has 80 valence electrons. The monoisotopic (exact) mass is 218 g/mol. The standard InChI is InChI=1S/C9H15ClN2O2/c1-6-9(10)7(2)12(11-6)4-8(13)5-14-3/h8,13H,4-5H2,1-3H3. The van der Waals surface area contributed by atoms with E-state index in [2.05, 4.69) is 5.10 Å². The summed E-state index contributed by atoms with van der Waals surface area (Å²) in [5, 5.41) is 14.4. The summed E-state index contributed by atoms with van der Waals surface area (Å²) in [6.07, 6.45) is -0.547. The van der Waals surface area contributed by atoms with Crippen molar-refractivity contribution >= 4 is 11.6 Å². The van der Waals surface area contributed by atoms with Crippen molar-refractivity contribution in [2.24, 2.45) is 0 Å². The number of hydrogen-bond acceptors (Lipinski definition) is 3. The van der Waals surface area contributed by atoms with Gasteiger partial charge in [-0.15, -0.1) is 0 Å². The summed E-state index contributed by atoms with van der Waals surface area (Å²) in [5.41, 5.74) is 1.66. The molecule has 0 saturated carbocycles. The first-order valence-corrected chi connectivity index (χ1v) is 4.80. The lowest BCUT2D eigenvalue weighted by molar-refractivity contribution is 0.0509. The predicted octanol–water partition coefficient (Wildman–Crippen LogP) is 1.16. The van der Waals surface area contributed by atoms with Crippen LogP contribution in [0.1, 0.15) is 11.4 Å². The van der Waals surface area contributed by atoms with Crippen LogP contribution >= 0.6 is 11.6 Å². The minimum Gasteiger partial charge on any atom is -0.389 e. The second-order valence-electron chi connectivity index (χ2n) is 3.28. The fraction of sp³-hybridized carbons (Fsp3) is 0.667. The predicted molar refractivity (Wildman–Crippen MR) is 54.6 cm³/mol. The number of methoxy groups -OCH3 is 1. The van der Waals surface area contributed by atoms with Gasteiger partial charge < -0.3 is 9.84 Å². The zero-order valence-electron chi connectivity index (χ0n) is 8.62. The zero-order valence-corrected chi connectivity index (χ0v) is 9.38. The summed E-state index contributed by atoms with van der Waals surface area (Å²) in [7, 11) is 1.55. The minimum atomic E-state index is -0.547. The first-order valence-electron chi connectivity index (χ1n) is 4.42. The fourth-order valence-electron chi connectivity index (χ4n) is 1.30. The van der Waals surface area contributed by atoms with Crippen LogP contribution in [0.5, 0.6) is 0 Å². The Labute approximate surface area is 88.4 Å². The van der Waals surface area contributed by atoms with Gasteiger partial charge in [-0.2, -0.15) is 5.10 Å². The lowest BCUT2D eigenvalue weighted by Crippen LogP contribution is -2.22. The lowest BCUT2D eigenvalue weighted by Gasteiger charge is -2.10. The number of nitrogens with zero attached hydrogens (tertiary/aromatic N) is 2. The second-order valence-corrected chi connectivity index (χ2v) is 3.65. The summed E-state index contributed by atoms with van der Waals surface area (Å²) in [4.78, 5) is 0. The van der Waals surface area contributed by atoms with Crippen molar-refractivity contribution < 1.29 is 9.84 Å². The van der Waals surface area contributed by atoms with Gasteiger partial charge >= 0.3 is 0 Å². The van der Waals surface area contributed by atoms with Crippen molar-refractivity contribution in [1.29, 1.82) is 0 Å². The number of aryl methyl sites for hydroxylation is 1. The Morgan fingerprint density at radius 1 is 1.57 bits per heavy atom. The molecular formula is C9H15ClN2O2. The van der Waals surface area contributed by atoms with Gasteiger partial charge in [0.05, 0.1) is 35.7 Å². The molecule has 1 aromatic rings. The van der Waals surface area contributed by atoms with Crippen molar-refractivity contribution in [3.8, 4) is 0 Å². The summed E-state index contributed by atoms with van der Waals surface area (Å²) < 4.78 is 6.52. The van der Waals surface area contributed by atoms with Crippen molar-refractivity contribution in [2.45, 2.75) is 26.5 Å². The topological polar surface area (TPSA) is 47.3 Å². The largest absolute Gasteiger partial charge is 0.389 e. The van der Waals surface area contributed by atoms with Crippen LogP contribution in [0.15, 0.2) is 0 Å². The highest BCUT2D eigenvalue weighted by molar-refractivity contribution is 6.31. The van der Waals surface area contributed by atoms with E-state index in [0.717, 1.165) is 11.4 Å². The van der Waals surface area contributed by atoms with Gasteiger partial charge in [-0.3, -0.25) is 4.68 Å². The third-order valence-electron chi connectivity index (χ3n) is 2.04. The van der Waals surface area contributed by atoms with E-state index in [1.807, 2.05) is 13.8 Å². The fourth-order valence-corrected chi connectivity index (χ4v) is 1.43. The van der Waals surface area contributed by atoms with Gasteiger partial charge in [-0.05, 0) is 13.8 Å². The minimum absolute atomic E-state index is 0.302. The molecule has 0 aliphatic rings. The van der Waals surface area contributed by atoms with E-state index in [4.69, 9.17) is 16.3 Å². The molecule has 4 nitrogen and oxygen atoms in total. The number of halogens is 1. The Morgan fingerprint density at radius 3 is 2.64 bits per heavy atom. The van der Waals surface area contributed by atoms with Crippen molar-refractivity contribution in [3.63, 3.8) is 0 Å². The number of rotatable bonds is 4. The van der Waals surface area contributed by atoms with Gasteiger partial charge in [0.25, 0.3) is 0 Å². The average molecular weight is 219 g/mol. The SMILES string of the molecule is COCC(O)Cn1nc(C)c(Cl)c1C. The van der Waals surface area contributed by atoms with Gasteiger partial charge in [-0.25, -0.2) is 0 Å². The molecule has 0 radical (unpaired) electrons. The Hall–Kier alpha value is -0.580. The molecule has 0 fully saturated rings. The summed E-state index contributed by atoms with van der Waals surface area (Å²) in [6, 6.07) is 0. The van der Waals surface area contributed by atoms with Gasteiger partial charge in [-0.1, -0.05) is 11.6 Å². The van der Waals surface area contributed by atoms with Crippen LogP contribution < -0.4 is 0 Å². The maximum Gasteiger partial charge on any atom is 0.0968 e. The molecule has 0 aliphatic heterocycles. The maximum absolute atomic E-state index is 9.50. The Bertz CT molecular complexity index is 312. The number of aliphatic hydroxyl groups excluding tert-OH is 1. The molecule has 5 heteroatoms. The van der Waals surface area contributed by atoms with E-state index >= 15 is 0 Å². The molecule has 0 amide bonds. The smallest absolute Gasteiger partial charge is 0.0968 e. The molecule has 0 saturated heterocycles. The van der Waals surface area contributed by atoms with Crippen molar-refractivity contribution in [3.05, 3.63) is 16.4 Å². The number of aliphatic hydroxyl groups is 1. The van der Waals surface area contributed by atoms with E-state index in [1.165, 1.54) is 0 Å². The molecule has 0 aliphatic carbocycles. The number of aromatic nitrogens is 2. The third kappa shape index (κ3) is 2.47. The molecular weight excluding hydrogens is 204 g/mol. The molecule has 1 unspecified atom stereocenters. The number of hydrogen-bond donors (Lipinski definition) is 1. The van der Waals surface area contributed by atoms with Gasteiger partial charge in [0.15, 0.2) is 0 Å². The molecule has 1 atom stereocenters. The van der Waals surface area contributed by atoms with Crippen LogP contribution in [0.3, 0.4) is 0 Å². The van der Waals surface area contributed by atoms with Crippen LogP contribution in [0.2, 0.25) is 5.02 Å². The first kappa shape index (κ1) is 11.5. The summed E-state index contributed by atoms with van der Waals surface area (Å²) in [6.45, 7) is 4.43. The number of ether oxygens (including phenoxy) is 1. The Balaban J connectivity index is 2.72. The Morgan fingerprint density at radius 2 is 2.21 bits per heavy atom. The van der Waals surface area contributed by atoms with Crippen LogP contribution in [-0.4, -0.2) is 34.7 Å². The van der Waals surface area contributed by atoms with E-state index in [9.17, 15) is 5.11 Å². The van der Waals surface area contributed by atoms with Crippen LogP contribution in [0.25, 0.3) is 0 Å². The highest BCUT2D eigenvalue weighted by Gasteiger charge is 2.12. The van der Waals surface area contributed by atoms with Gasteiger partial charge in [0.2, 0.25) is 0 Å². The average Bonchev–Trinajstić information content (AvgIpc) is 2.34.